The Kier molecular flexibility index (Phi) is 2.35. The van der Waals surface area contributed by atoms with E-state index in [-0.39, 0.29) is 5.92 Å². The molecule has 3 heteroatoms. The minimum Gasteiger partial charge on any atom is -0.461 e. The van der Waals surface area contributed by atoms with Crippen LogP contribution in [0, 0.1) is 0 Å². The lowest BCUT2D eigenvalue weighted by Gasteiger charge is -2.16. The molecule has 0 amide bonds. The molecule has 3 aliphatic rings. The molecule has 1 unspecified atom stereocenters. The molecule has 24 heavy (non-hydrogen) atoms. The number of benzene rings is 2. The number of allylic oxidation sites excluding steroid dienone is 1. The van der Waals surface area contributed by atoms with E-state index in [1.165, 1.54) is 34.9 Å². The first-order valence-electron chi connectivity index (χ1n) is 8.60. The molecule has 3 aromatic rings. The number of hydrogen-bond acceptors (Lipinski definition) is 2. The molecular weight excluding hydrogens is 295 g/mol. The molecule has 0 spiro atoms. The van der Waals surface area contributed by atoms with E-state index in [1.54, 1.807) is 0 Å². The number of furan rings is 1. The maximum atomic E-state index is 6.10. The van der Waals surface area contributed by atoms with Crippen molar-refractivity contribution in [3.8, 4) is 5.75 Å². The van der Waals surface area contributed by atoms with Gasteiger partial charge in [-0.15, -0.1) is 0 Å². The molecule has 2 nitrogen and oxygen atoms in total. The maximum absolute atomic E-state index is 6.10. The van der Waals surface area contributed by atoms with Gasteiger partial charge in [0.15, 0.2) is 0 Å². The van der Waals surface area contributed by atoms with Gasteiger partial charge < -0.3 is 9.15 Å². The molecule has 2 aromatic carbocycles. The van der Waals surface area contributed by atoms with E-state index in [9.17, 15) is 0 Å². The van der Waals surface area contributed by atoms with Crippen LogP contribution in [-0.2, 0) is 6.42 Å². The van der Waals surface area contributed by atoms with Crippen molar-refractivity contribution < 1.29 is 9.15 Å². The zero-order valence-corrected chi connectivity index (χ0v) is 13.2. The minimum absolute atomic E-state index is 0.251. The smallest absolute Gasteiger partial charge is 0.135 e. The zero-order valence-electron chi connectivity index (χ0n) is 13.2. The van der Waals surface area contributed by atoms with Gasteiger partial charge in [-0.2, -0.15) is 0 Å². The third-order valence-electron chi connectivity index (χ3n) is 5.56. The van der Waals surface area contributed by atoms with Gasteiger partial charge in [-0.3, -0.25) is 0 Å². The average Bonchev–Trinajstić information content (AvgIpc) is 3.30. The van der Waals surface area contributed by atoms with Crippen molar-refractivity contribution >= 4 is 30.4 Å². The van der Waals surface area contributed by atoms with Crippen molar-refractivity contribution in [1.29, 1.82) is 0 Å². The molecule has 2 aliphatic carbocycles. The van der Waals surface area contributed by atoms with Crippen molar-refractivity contribution in [2.45, 2.75) is 31.1 Å². The van der Waals surface area contributed by atoms with Crippen molar-refractivity contribution in [3.05, 3.63) is 64.6 Å². The van der Waals surface area contributed by atoms with Crippen molar-refractivity contribution in [3.63, 3.8) is 0 Å². The third-order valence-corrected chi connectivity index (χ3v) is 5.56. The molecule has 2 heterocycles. The molecule has 114 valence electrons. The van der Waals surface area contributed by atoms with Gasteiger partial charge in [-0.05, 0) is 48.9 Å². The Morgan fingerprint density at radius 2 is 1.96 bits per heavy atom. The molecule has 1 aliphatic heterocycles. The SMILES string of the molecule is [B]c1ccc2c(c1)C1Cc3c(oc4ccc(C5CC5)cc34)C=C1O2. The van der Waals surface area contributed by atoms with Crippen molar-refractivity contribution in [1.82, 2.24) is 0 Å². The number of rotatable bonds is 1. The summed E-state index contributed by atoms with van der Waals surface area (Å²) >= 11 is 0. The molecule has 1 atom stereocenters. The second-order valence-electron chi connectivity index (χ2n) is 7.18. The first-order valence-corrected chi connectivity index (χ1v) is 8.60. The topological polar surface area (TPSA) is 22.4 Å². The predicted molar refractivity (Wildman–Crippen MR) is 95.1 cm³/mol. The van der Waals surface area contributed by atoms with E-state index in [2.05, 4.69) is 24.3 Å². The summed E-state index contributed by atoms with van der Waals surface area (Å²) in [4.78, 5) is 0. The van der Waals surface area contributed by atoms with Crippen molar-refractivity contribution in [2.24, 2.45) is 0 Å². The van der Waals surface area contributed by atoms with Crippen molar-refractivity contribution in [2.75, 3.05) is 0 Å². The first-order chi connectivity index (χ1) is 11.8. The Morgan fingerprint density at radius 3 is 2.83 bits per heavy atom. The standard InChI is InChI=1S/C21H15BO2/c22-13-4-6-19-15(8-13)17-9-16-14-7-12(11-1-2-11)3-5-18(14)23-20(16)10-21(17)24-19/h3-8,10-11,17H,1-2,9H2. The lowest BCUT2D eigenvalue weighted by atomic mass is 9.84. The second kappa shape index (κ2) is 4.35. The lowest BCUT2D eigenvalue weighted by Crippen LogP contribution is -2.09. The van der Waals surface area contributed by atoms with Crippen LogP contribution in [0.3, 0.4) is 0 Å². The third kappa shape index (κ3) is 1.73. The molecule has 0 saturated heterocycles. The van der Waals surface area contributed by atoms with Crippen LogP contribution in [0.2, 0.25) is 0 Å². The number of fused-ring (bicyclic) bond motifs is 6. The quantitative estimate of drug-likeness (QED) is 0.629. The monoisotopic (exact) mass is 310 g/mol. The number of hydrogen-bond donors (Lipinski definition) is 0. The summed E-state index contributed by atoms with van der Waals surface area (Å²) in [5.74, 6) is 3.86. The fourth-order valence-electron chi connectivity index (χ4n) is 4.14. The summed E-state index contributed by atoms with van der Waals surface area (Å²) in [6, 6.07) is 12.6. The Labute approximate surface area is 141 Å². The average molecular weight is 310 g/mol. The summed E-state index contributed by atoms with van der Waals surface area (Å²) in [6.45, 7) is 0. The van der Waals surface area contributed by atoms with Gasteiger partial charge in [0.1, 0.15) is 30.7 Å². The fourth-order valence-corrected chi connectivity index (χ4v) is 4.14. The Balaban J connectivity index is 1.51. The minimum atomic E-state index is 0.251. The van der Waals surface area contributed by atoms with Crippen LogP contribution >= 0.6 is 0 Å². The number of ether oxygens (including phenoxy) is 1. The van der Waals surface area contributed by atoms with Crippen LogP contribution in [-0.4, -0.2) is 7.85 Å². The van der Waals surface area contributed by atoms with Gasteiger partial charge in [-0.1, -0.05) is 23.7 Å². The normalized spacial score (nSPS) is 21.0. The molecule has 1 fully saturated rings. The Bertz CT molecular complexity index is 1040. The summed E-state index contributed by atoms with van der Waals surface area (Å²) in [6.07, 6.45) is 5.62. The Hall–Kier alpha value is -2.42. The summed E-state index contributed by atoms with van der Waals surface area (Å²) < 4.78 is 12.1. The van der Waals surface area contributed by atoms with Gasteiger partial charge in [0.25, 0.3) is 0 Å². The highest BCUT2D eigenvalue weighted by Gasteiger charge is 2.35. The molecule has 1 saturated carbocycles. The zero-order chi connectivity index (χ0) is 15.8. The van der Waals surface area contributed by atoms with Crippen LogP contribution in [0.5, 0.6) is 5.75 Å². The highest BCUT2D eigenvalue weighted by molar-refractivity contribution is 6.32. The molecule has 0 N–H and O–H groups in total. The van der Waals surface area contributed by atoms with Gasteiger partial charge in [0, 0.05) is 22.6 Å². The summed E-state index contributed by atoms with van der Waals surface area (Å²) in [7, 11) is 5.98. The molecule has 6 rings (SSSR count). The van der Waals surface area contributed by atoms with Crippen LogP contribution in [0.1, 0.15) is 47.1 Å². The molecular formula is C21H15BO2. The van der Waals surface area contributed by atoms with Crippen LogP contribution < -0.4 is 10.2 Å². The van der Waals surface area contributed by atoms with E-state index in [1.807, 2.05) is 18.2 Å². The van der Waals surface area contributed by atoms with E-state index < -0.39 is 0 Å². The largest absolute Gasteiger partial charge is 0.461 e. The van der Waals surface area contributed by atoms with Crippen LogP contribution in [0.4, 0.5) is 0 Å². The van der Waals surface area contributed by atoms with Gasteiger partial charge in [0.05, 0.1) is 5.92 Å². The van der Waals surface area contributed by atoms with E-state index in [0.717, 1.165) is 40.7 Å². The van der Waals surface area contributed by atoms with Gasteiger partial charge >= 0.3 is 0 Å². The van der Waals surface area contributed by atoms with Gasteiger partial charge in [0.2, 0.25) is 0 Å². The lowest BCUT2D eigenvalue weighted by molar-refractivity contribution is 0.425. The van der Waals surface area contributed by atoms with Crippen LogP contribution in [0.25, 0.3) is 17.0 Å². The summed E-state index contributed by atoms with van der Waals surface area (Å²) in [5, 5.41) is 1.27. The second-order valence-corrected chi connectivity index (χ2v) is 7.18. The summed E-state index contributed by atoms with van der Waals surface area (Å²) in [5.41, 5.74) is 5.72. The maximum Gasteiger partial charge on any atom is 0.135 e. The fraction of sp³-hybridized carbons (Fsp3) is 0.238. The van der Waals surface area contributed by atoms with E-state index >= 15 is 0 Å². The van der Waals surface area contributed by atoms with E-state index in [4.69, 9.17) is 17.0 Å². The predicted octanol–water partition coefficient (Wildman–Crippen LogP) is 4.18. The van der Waals surface area contributed by atoms with Crippen LogP contribution in [0.15, 0.2) is 46.6 Å². The highest BCUT2D eigenvalue weighted by Crippen LogP contribution is 2.48. The molecule has 1 aromatic heterocycles. The highest BCUT2D eigenvalue weighted by atomic mass is 16.5. The van der Waals surface area contributed by atoms with Gasteiger partial charge in [-0.25, -0.2) is 0 Å². The van der Waals surface area contributed by atoms with E-state index in [0.29, 0.717) is 0 Å². The molecule has 0 bridgehead atoms. The Morgan fingerprint density at radius 1 is 1.04 bits per heavy atom. The first kappa shape index (κ1) is 12.9. The molecule has 2 radical (unpaired) electrons.